The number of fused-ring (bicyclic) bond motifs is 2. The van der Waals surface area contributed by atoms with Gasteiger partial charge in [0.1, 0.15) is 0 Å². The molecule has 0 spiro atoms. The second kappa shape index (κ2) is 8.96. The van der Waals surface area contributed by atoms with E-state index in [1.807, 2.05) is 54.0 Å². The van der Waals surface area contributed by atoms with E-state index in [0.717, 1.165) is 41.1 Å². The van der Waals surface area contributed by atoms with Crippen molar-refractivity contribution in [1.82, 2.24) is 9.55 Å². The van der Waals surface area contributed by atoms with Gasteiger partial charge in [0.15, 0.2) is 11.5 Å². The van der Waals surface area contributed by atoms with Gasteiger partial charge in [-0.3, -0.25) is 10.1 Å². The molecule has 1 aliphatic rings. The Hall–Kier alpha value is -3.06. The van der Waals surface area contributed by atoms with E-state index in [0.29, 0.717) is 32.0 Å². The molecule has 152 valence electrons. The molecule has 1 aliphatic heterocycles. The van der Waals surface area contributed by atoms with Gasteiger partial charge >= 0.3 is 0 Å². The normalized spacial score (nSPS) is 12.4. The van der Waals surface area contributed by atoms with Crippen LogP contribution in [0.4, 0.5) is 5.95 Å². The van der Waals surface area contributed by atoms with Crippen LogP contribution in [-0.2, 0) is 22.5 Å². The van der Waals surface area contributed by atoms with Gasteiger partial charge in [-0.25, -0.2) is 4.98 Å². The Morgan fingerprint density at radius 3 is 2.97 bits per heavy atom. The fraction of sp³-hybridized carbons (Fsp3) is 0.364. The highest BCUT2D eigenvalue weighted by molar-refractivity contribution is 5.91. The Morgan fingerprint density at radius 2 is 2.07 bits per heavy atom. The third-order valence-electron chi connectivity index (χ3n) is 4.86. The molecule has 3 aromatic rings. The smallest absolute Gasteiger partial charge is 0.231 e. The van der Waals surface area contributed by atoms with Crippen LogP contribution in [0, 0.1) is 0 Å². The number of para-hydroxylation sites is 2. The molecular formula is C22H25N3O4. The van der Waals surface area contributed by atoms with Crippen molar-refractivity contribution in [3.05, 3.63) is 48.0 Å². The van der Waals surface area contributed by atoms with Crippen LogP contribution in [0.5, 0.6) is 11.5 Å². The standard InChI is InChI=1S/C22H25N3O4/c1-2-27-13-5-12-25-18-7-4-3-6-17(18)23-22(25)24-21(26)11-9-16-8-10-19-20(14-16)29-15-28-19/h3-4,6-8,10,14H,2,5,9,11-13,15H2,1H3,(H,23,24,26). The third-order valence-corrected chi connectivity index (χ3v) is 4.86. The Morgan fingerprint density at radius 1 is 1.21 bits per heavy atom. The first-order valence-electron chi connectivity index (χ1n) is 9.96. The van der Waals surface area contributed by atoms with E-state index in [-0.39, 0.29) is 12.7 Å². The van der Waals surface area contributed by atoms with E-state index in [2.05, 4.69) is 10.3 Å². The first-order valence-corrected chi connectivity index (χ1v) is 9.96. The molecule has 4 rings (SSSR count). The van der Waals surface area contributed by atoms with Gasteiger partial charge < -0.3 is 18.8 Å². The summed E-state index contributed by atoms with van der Waals surface area (Å²) in [5.74, 6) is 2.00. The van der Waals surface area contributed by atoms with Crippen molar-refractivity contribution in [3.8, 4) is 11.5 Å². The molecule has 0 bridgehead atoms. The second-order valence-electron chi connectivity index (χ2n) is 6.86. The van der Waals surface area contributed by atoms with Crippen molar-refractivity contribution < 1.29 is 19.0 Å². The number of rotatable bonds is 9. The summed E-state index contributed by atoms with van der Waals surface area (Å²) in [6, 6.07) is 13.7. The van der Waals surface area contributed by atoms with E-state index in [1.54, 1.807) is 0 Å². The quantitative estimate of drug-likeness (QED) is 0.559. The molecule has 0 fully saturated rings. The summed E-state index contributed by atoms with van der Waals surface area (Å²) < 4.78 is 18.2. The summed E-state index contributed by atoms with van der Waals surface area (Å²) in [5, 5.41) is 2.98. The Bertz CT molecular complexity index is 999. The first-order chi connectivity index (χ1) is 14.2. The number of nitrogens with one attached hydrogen (secondary N) is 1. The number of ether oxygens (including phenoxy) is 3. The Kier molecular flexibility index (Phi) is 5.95. The number of hydrogen-bond acceptors (Lipinski definition) is 5. The lowest BCUT2D eigenvalue weighted by molar-refractivity contribution is -0.116. The monoisotopic (exact) mass is 395 g/mol. The van der Waals surface area contributed by atoms with E-state index in [9.17, 15) is 4.79 Å². The van der Waals surface area contributed by atoms with Crippen molar-refractivity contribution in [3.63, 3.8) is 0 Å². The number of amides is 1. The maximum Gasteiger partial charge on any atom is 0.231 e. The topological polar surface area (TPSA) is 74.6 Å². The maximum atomic E-state index is 12.6. The highest BCUT2D eigenvalue weighted by atomic mass is 16.7. The lowest BCUT2D eigenvalue weighted by Gasteiger charge is -2.10. The maximum absolute atomic E-state index is 12.6. The van der Waals surface area contributed by atoms with Gasteiger partial charge in [0.05, 0.1) is 11.0 Å². The molecule has 0 atom stereocenters. The first kappa shape index (κ1) is 19.3. The predicted octanol–water partition coefficient (Wildman–Crippen LogP) is 3.76. The molecule has 0 unspecified atom stereocenters. The third kappa shape index (κ3) is 4.51. The molecule has 29 heavy (non-hydrogen) atoms. The summed E-state index contributed by atoms with van der Waals surface area (Å²) in [5.41, 5.74) is 2.92. The Labute approximate surface area is 169 Å². The molecular weight excluding hydrogens is 370 g/mol. The predicted molar refractivity (Wildman–Crippen MR) is 110 cm³/mol. The SMILES string of the molecule is CCOCCCn1c(NC(=O)CCc2ccc3c(c2)OCO3)nc2ccccc21. The van der Waals surface area contributed by atoms with E-state index in [4.69, 9.17) is 14.2 Å². The summed E-state index contributed by atoms with van der Waals surface area (Å²) in [7, 11) is 0. The lowest BCUT2D eigenvalue weighted by Crippen LogP contribution is -2.17. The second-order valence-corrected chi connectivity index (χ2v) is 6.86. The minimum absolute atomic E-state index is 0.0657. The van der Waals surface area contributed by atoms with Gasteiger partial charge in [0.2, 0.25) is 18.6 Å². The fourth-order valence-electron chi connectivity index (χ4n) is 3.41. The minimum atomic E-state index is -0.0657. The molecule has 0 radical (unpaired) electrons. The molecule has 2 aromatic carbocycles. The summed E-state index contributed by atoms with van der Waals surface area (Å²) in [4.78, 5) is 17.2. The van der Waals surface area contributed by atoms with E-state index in [1.165, 1.54) is 0 Å². The highest BCUT2D eigenvalue weighted by Crippen LogP contribution is 2.32. The zero-order chi connectivity index (χ0) is 20.1. The molecule has 2 heterocycles. The number of nitrogens with zero attached hydrogens (tertiary/aromatic N) is 2. The lowest BCUT2D eigenvalue weighted by atomic mass is 10.1. The number of aryl methyl sites for hydroxylation is 2. The van der Waals surface area contributed by atoms with Crippen LogP contribution in [0.1, 0.15) is 25.3 Å². The zero-order valence-electron chi connectivity index (χ0n) is 16.5. The molecule has 0 aliphatic carbocycles. The van der Waals surface area contributed by atoms with Gasteiger partial charge in [0.25, 0.3) is 0 Å². The van der Waals surface area contributed by atoms with Gasteiger partial charge in [-0.15, -0.1) is 0 Å². The number of aromatic nitrogens is 2. The highest BCUT2D eigenvalue weighted by Gasteiger charge is 2.15. The molecule has 1 N–H and O–H groups in total. The average Bonchev–Trinajstić information content (AvgIpc) is 3.33. The summed E-state index contributed by atoms with van der Waals surface area (Å²) >= 11 is 0. The molecule has 7 nitrogen and oxygen atoms in total. The number of carbonyl (C=O) groups excluding carboxylic acids is 1. The number of imidazole rings is 1. The van der Waals surface area contributed by atoms with Crippen LogP contribution >= 0.6 is 0 Å². The summed E-state index contributed by atoms with van der Waals surface area (Å²) in [6.45, 7) is 4.35. The van der Waals surface area contributed by atoms with Gasteiger partial charge in [-0.05, 0) is 49.6 Å². The van der Waals surface area contributed by atoms with Crippen LogP contribution in [0.25, 0.3) is 11.0 Å². The van der Waals surface area contributed by atoms with E-state index >= 15 is 0 Å². The van der Waals surface area contributed by atoms with Crippen molar-refractivity contribution >= 4 is 22.9 Å². The van der Waals surface area contributed by atoms with Crippen molar-refractivity contribution in [1.29, 1.82) is 0 Å². The van der Waals surface area contributed by atoms with Crippen LogP contribution < -0.4 is 14.8 Å². The molecule has 7 heteroatoms. The number of benzene rings is 2. The van der Waals surface area contributed by atoms with Crippen LogP contribution in [0.3, 0.4) is 0 Å². The van der Waals surface area contributed by atoms with Crippen LogP contribution in [-0.4, -0.2) is 35.5 Å². The van der Waals surface area contributed by atoms with Crippen molar-refractivity contribution in [2.24, 2.45) is 0 Å². The molecule has 1 aromatic heterocycles. The largest absolute Gasteiger partial charge is 0.454 e. The molecule has 0 saturated heterocycles. The zero-order valence-corrected chi connectivity index (χ0v) is 16.5. The van der Waals surface area contributed by atoms with E-state index < -0.39 is 0 Å². The van der Waals surface area contributed by atoms with Gasteiger partial charge in [-0.2, -0.15) is 0 Å². The minimum Gasteiger partial charge on any atom is -0.454 e. The molecule has 0 saturated carbocycles. The average molecular weight is 395 g/mol. The van der Waals surface area contributed by atoms with Crippen molar-refractivity contribution in [2.45, 2.75) is 32.7 Å². The number of carbonyl (C=O) groups is 1. The van der Waals surface area contributed by atoms with Crippen LogP contribution in [0.2, 0.25) is 0 Å². The van der Waals surface area contributed by atoms with Crippen molar-refractivity contribution in [2.75, 3.05) is 25.3 Å². The Balaban J connectivity index is 1.41. The van der Waals surface area contributed by atoms with Gasteiger partial charge in [0, 0.05) is 26.2 Å². The fourth-order valence-corrected chi connectivity index (χ4v) is 3.41. The molecule has 1 amide bonds. The van der Waals surface area contributed by atoms with Crippen LogP contribution in [0.15, 0.2) is 42.5 Å². The number of anilines is 1. The summed E-state index contributed by atoms with van der Waals surface area (Å²) in [6.07, 6.45) is 1.84. The van der Waals surface area contributed by atoms with Gasteiger partial charge in [-0.1, -0.05) is 18.2 Å². The number of hydrogen-bond donors (Lipinski definition) is 1.